The van der Waals surface area contributed by atoms with E-state index in [1.807, 2.05) is 11.6 Å². The smallest absolute Gasteiger partial charge is 0.0814 e. The minimum Gasteiger partial charge on any atom is -0.314 e. The molecule has 0 aromatic carbocycles. The molecule has 15 heavy (non-hydrogen) atoms. The quantitative estimate of drug-likeness (QED) is 0.836. The molecule has 0 aliphatic heterocycles. The Balaban J connectivity index is 1.81. The first-order valence-corrected chi connectivity index (χ1v) is 5.96. The first-order chi connectivity index (χ1) is 7.16. The number of nitrogens with zero attached hydrogens (tertiary/aromatic N) is 2. The molecule has 2 rings (SSSR count). The Morgan fingerprint density at radius 3 is 2.93 bits per heavy atom. The van der Waals surface area contributed by atoms with E-state index in [0.717, 1.165) is 29.8 Å². The van der Waals surface area contributed by atoms with Crippen LogP contribution in [0.1, 0.15) is 25.5 Å². The van der Waals surface area contributed by atoms with Gasteiger partial charge in [-0.3, -0.25) is 4.68 Å². The van der Waals surface area contributed by atoms with E-state index in [9.17, 15) is 0 Å². The molecule has 0 amide bonds. The van der Waals surface area contributed by atoms with Crippen LogP contribution in [0.2, 0.25) is 5.02 Å². The fourth-order valence-corrected chi connectivity index (χ4v) is 1.76. The van der Waals surface area contributed by atoms with Crippen molar-refractivity contribution in [1.29, 1.82) is 0 Å². The predicted molar refractivity (Wildman–Crippen MR) is 62.2 cm³/mol. The van der Waals surface area contributed by atoms with E-state index in [-0.39, 0.29) is 0 Å². The molecule has 0 radical (unpaired) electrons. The normalized spacial score (nSPS) is 18.1. The summed E-state index contributed by atoms with van der Waals surface area (Å²) in [5.41, 5.74) is 1.06. The predicted octanol–water partition coefficient (Wildman–Crippen LogP) is 2.23. The highest BCUT2D eigenvalue weighted by Crippen LogP contribution is 2.19. The average Bonchev–Trinajstić information content (AvgIpc) is 2.98. The molecular weight excluding hydrogens is 210 g/mol. The third-order valence-electron chi connectivity index (χ3n) is 2.86. The van der Waals surface area contributed by atoms with Gasteiger partial charge in [0.1, 0.15) is 0 Å². The van der Waals surface area contributed by atoms with Gasteiger partial charge >= 0.3 is 0 Å². The van der Waals surface area contributed by atoms with E-state index >= 15 is 0 Å². The van der Waals surface area contributed by atoms with Gasteiger partial charge in [0.25, 0.3) is 0 Å². The SMILES string of the molecule is Cc1c(Cl)cnn1CC(C)CNC1CC1. The Labute approximate surface area is 95.8 Å². The molecule has 0 spiro atoms. The molecular formula is C11H18ClN3. The second kappa shape index (κ2) is 4.54. The minimum atomic E-state index is 0.597. The van der Waals surface area contributed by atoms with Gasteiger partial charge in [0.2, 0.25) is 0 Å². The van der Waals surface area contributed by atoms with Gasteiger partial charge in [0, 0.05) is 12.6 Å². The Kier molecular flexibility index (Phi) is 3.32. The topological polar surface area (TPSA) is 29.9 Å². The molecule has 1 fully saturated rings. The summed E-state index contributed by atoms with van der Waals surface area (Å²) in [6.07, 6.45) is 4.41. The number of nitrogens with one attached hydrogen (secondary N) is 1. The van der Waals surface area contributed by atoms with Crippen LogP contribution in [0.3, 0.4) is 0 Å². The molecule has 1 unspecified atom stereocenters. The van der Waals surface area contributed by atoms with Crippen molar-refractivity contribution in [2.45, 2.75) is 39.3 Å². The molecule has 3 nitrogen and oxygen atoms in total. The number of rotatable bonds is 5. The highest BCUT2D eigenvalue weighted by atomic mass is 35.5. The van der Waals surface area contributed by atoms with Crippen LogP contribution in [-0.2, 0) is 6.54 Å². The van der Waals surface area contributed by atoms with Crippen LogP contribution in [0.25, 0.3) is 0 Å². The van der Waals surface area contributed by atoms with E-state index in [0.29, 0.717) is 5.92 Å². The highest BCUT2D eigenvalue weighted by Gasteiger charge is 2.21. The highest BCUT2D eigenvalue weighted by molar-refractivity contribution is 6.31. The summed E-state index contributed by atoms with van der Waals surface area (Å²) in [5, 5.41) is 8.55. The maximum atomic E-state index is 5.95. The van der Waals surface area contributed by atoms with Gasteiger partial charge in [-0.2, -0.15) is 5.10 Å². The van der Waals surface area contributed by atoms with Crippen molar-refractivity contribution in [2.75, 3.05) is 6.54 Å². The van der Waals surface area contributed by atoms with Crippen LogP contribution >= 0.6 is 11.6 Å². The monoisotopic (exact) mass is 227 g/mol. The molecule has 1 aliphatic carbocycles. The van der Waals surface area contributed by atoms with Gasteiger partial charge in [-0.1, -0.05) is 18.5 Å². The van der Waals surface area contributed by atoms with Gasteiger partial charge < -0.3 is 5.32 Å². The van der Waals surface area contributed by atoms with Crippen molar-refractivity contribution < 1.29 is 0 Å². The number of aromatic nitrogens is 2. The minimum absolute atomic E-state index is 0.597. The lowest BCUT2D eigenvalue weighted by molar-refractivity contribution is 0.416. The maximum absolute atomic E-state index is 5.95. The van der Waals surface area contributed by atoms with Crippen molar-refractivity contribution in [3.05, 3.63) is 16.9 Å². The number of hydrogen-bond acceptors (Lipinski definition) is 2. The zero-order valence-electron chi connectivity index (χ0n) is 9.33. The van der Waals surface area contributed by atoms with Gasteiger partial charge in [-0.15, -0.1) is 0 Å². The Morgan fingerprint density at radius 2 is 2.40 bits per heavy atom. The molecule has 1 atom stereocenters. The molecule has 84 valence electrons. The molecule has 0 saturated heterocycles. The second-order valence-electron chi connectivity index (χ2n) is 4.55. The molecule has 1 N–H and O–H groups in total. The summed E-state index contributed by atoms with van der Waals surface area (Å²) in [6, 6.07) is 0.787. The molecule has 4 heteroatoms. The maximum Gasteiger partial charge on any atom is 0.0814 e. The molecule has 1 saturated carbocycles. The third-order valence-corrected chi connectivity index (χ3v) is 3.23. The molecule has 1 aromatic heterocycles. The van der Waals surface area contributed by atoms with Crippen LogP contribution in [-0.4, -0.2) is 22.4 Å². The fraction of sp³-hybridized carbons (Fsp3) is 0.727. The van der Waals surface area contributed by atoms with Crippen molar-refractivity contribution in [3.63, 3.8) is 0 Å². The van der Waals surface area contributed by atoms with Crippen LogP contribution in [0.4, 0.5) is 0 Å². The fourth-order valence-electron chi connectivity index (χ4n) is 1.62. The van der Waals surface area contributed by atoms with E-state index in [1.165, 1.54) is 12.8 Å². The summed E-state index contributed by atoms with van der Waals surface area (Å²) in [7, 11) is 0. The molecule has 0 bridgehead atoms. The van der Waals surface area contributed by atoms with E-state index in [4.69, 9.17) is 11.6 Å². The van der Waals surface area contributed by atoms with E-state index < -0.39 is 0 Å². The number of halogens is 1. The standard InChI is InChI=1S/C11H18ClN3/c1-8(5-13-10-3-4-10)7-15-9(2)11(12)6-14-15/h6,8,10,13H,3-5,7H2,1-2H3. The lowest BCUT2D eigenvalue weighted by atomic mass is 10.2. The summed E-state index contributed by atoms with van der Waals surface area (Å²) >= 11 is 5.95. The van der Waals surface area contributed by atoms with Crippen LogP contribution in [0, 0.1) is 12.8 Å². The van der Waals surface area contributed by atoms with Crippen LogP contribution in [0.15, 0.2) is 6.20 Å². The lowest BCUT2D eigenvalue weighted by Gasteiger charge is -2.13. The molecule has 1 heterocycles. The van der Waals surface area contributed by atoms with Crippen molar-refractivity contribution in [2.24, 2.45) is 5.92 Å². The molecule has 1 aromatic rings. The van der Waals surface area contributed by atoms with Gasteiger partial charge in [0.15, 0.2) is 0 Å². The average molecular weight is 228 g/mol. The van der Waals surface area contributed by atoms with E-state index in [2.05, 4.69) is 17.3 Å². The van der Waals surface area contributed by atoms with Crippen LogP contribution in [0.5, 0.6) is 0 Å². The van der Waals surface area contributed by atoms with Gasteiger partial charge in [-0.05, 0) is 32.2 Å². The van der Waals surface area contributed by atoms with Gasteiger partial charge in [0.05, 0.1) is 16.9 Å². The summed E-state index contributed by atoms with van der Waals surface area (Å²) < 4.78 is 1.99. The Hall–Kier alpha value is -0.540. The van der Waals surface area contributed by atoms with Gasteiger partial charge in [-0.25, -0.2) is 0 Å². The van der Waals surface area contributed by atoms with E-state index in [1.54, 1.807) is 6.20 Å². The largest absolute Gasteiger partial charge is 0.314 e. The Morgan fingerprint density at radius 1 is 1.67 bits per heavy atom. The third kappa shape index (κ3) is 2.95. The Bertz CT molecular complexity index is 331. The number of hydrogen-bond donors (Lipinski definition) is 1. The summed E-state index contributed by atoms with van der Waals surface area (Å²) in [6.45, 7) is 6.26. The first kappa shape index (κ1) is 11.0. The lowest BCUT2D eigenvalue weighted by Crippen LogP contribution is -2.26. The van der Waals surface area contributed by atoms with Crippen molar-refractivity contribution in [1.82, 2.24) is 15.1 Å². The second-order valence-corrected chi connectivity index (χ2v) is 4.95. The zero-order valence-corrected chi connectivity index (χ0v) is 10.1. The van der Waals surface area contributed by atoms with Crippen molar-refractivity contribution >= 4 is 11.6 Å². The summed E-state index contributed by atoms with van der Waals surface area (Å²) in [5.74, 6) is 0.597. The summed E-state index contributed by atoms with van der Waals surface area (Å²) in [4.78, 5) is 0. The first-order valence-electron chi connectivity index (χ1n) is 5.58. The van der Waals surface area contributed by atoms with Crippen LogP contribution < -0.4 is 5.32 Å². The molecule has 1 aliphatic rings. The van der Waals surface area contributed by atoms with Crippen molar-refractivity contribution in [3.8, 4) is 0 Å². The zero-order chi connectivity index (χ0) is 10.8.